The van der Waals surface area contributed by atoms with Gasteiger partial charge in [-0.15, -0.1) is 11.3 Å². The van der Waals surface area contributed by atoms with Crippen LogP contribution in [-0.2, 0) is 14.8 Å². The Morgan fingerprint density at radius 3 is 2.73 bits per heavy atom. The minimum absolute atomic E-state index is 0.251. The minimum atomic E-state index is -3.65. The third kappa shape index (κ3) is 2.30. The van der Waals surface area contributed by atoms with Crippen LogP contribution in [0.25, 0.3) is 6.08 Å². The lowest BCUT2D eigenvalue weighted by atomic mass is 10.2. The van der Waals surface area contributed by atoms with Gasteiger partial charge in [0.1, 0.15) is 10.3 Å². The van der Waals surface area contributed by atoms with E-state index in [2.05, 4.69) is 4.99 Å². The molecule has 0 saturated heterocycles. The summed E-state index contributed by atoms with van der Waals surface area (Å²) in [6.45, 7) is 0. The molecule has 0 aliphatic carbocycles. The highest BCUT2D eigenvalue weighted by Gasteiger charge is 2.25. The molecule has 3 rings (SSSR count). The van der Waals surface area contributed by atoms with Crippen LogP contribution in [0.5, 0.6) is 0 Å². The van der Waals surface area contributed by atoms with Crippen molar-refractivity contribution in [2.75, 3.05) is 11.4 Å². The summed E-state index contributed by atoms with van der Waals surface area (Å²) in [6, 6.07) is 7.64. The number of nitrogens with two attached hydrogens (primary N) is 1. The summed E-state index contributed by atoms with van der Waals surface area (Å²) < 4.78 is 26.6. The standard InChI is InChI=1S/C14H13N3O3S2/c1-17(22(19,20)12-6-3-7-21-12)11-5-2-4-9-8-10(14(15)18)16-13(9)11/h2-8,10H,1H3,(H2,15,18). The van der Waals surface area contributed by atoms with E-state index in [4.69, 9.17) is 5.73 Å². The summed E-state index contributed by atoms with van der Waals surface area (Å²) >= 11 is 1.15. The molecule has 1 aromatic heterocycles. The van der Waals surface area contributed by atoms with Crippen molar-refractivity contribution in [2.45, 2.75) is 10.3 Å². The minimum Gasteiger partial charge on any atom is -0.368 e. The van der Waals surface area contributed by atoms with E-state index in [1.165, 1.54) is 11.4 Å². The molecule has 2 heterocycles. The van der Waals surface area contributed by atoms with Crippen LogP contribution in [0.15, 0.2) is 44.9 Å². The number of hydrogen-bond donors (Lipinski definition) is 1. The number of thiophene rings is 1. The molecular weight excluding hydrogens is 322 g/mol. The van der Waals surface area contributed by atoms with Crippen LogP contribution in [0.4, 0.5) is 5.69 Å². The first kappa shape index (κ1) is 14.7. The van der Waals surface area contributed by atoms with Gasteiger partial charge < -0.3 is 5.73 Å². The predicted molar refractivity (Wildman–Crippen MR) is 84.6 cm³/mol. The molecule has 0 radical (unpaired) electrons. The molecule has 0 spiro atoms. The maximum Gasteiger partial charge on any atom is 0.273 e. The molecular formula is C14H13N3O3S2. The zero-order valence-electron chi connectivity index (χ0n) is 11.6. The fourth-order valence-corrected chi connectivity index (χ4v) is 4.61. The van der Waals surface area contributed by atoms with Crippen LogP contribution >= 0.6 is 11.3 Å². The lowest BCUT2D eigenvalue weighted by molar-refractivity contribution is -0.117. The number of hydrogen-bond acceptors (Lipinski definition) is 5. The number of primary amides is 1. The highest BCUT2D eigenvalue weighted by atomic mass is 32.2. The third-order valence-electron chi connectivity index (χ3n) is 3.39. The maximum absolute atomic E-state index is 12.6. The average Bonchev–Trinajstić information content (AvgIpc) is 3.14. The Kier molecular flexibility index (Phi) is 3.50. The van der Waals surface area contributed by atoms with E-state index >= 15 is 0 Å². The number of rotatable bonds is 4. The quantitative estimate of drug-likeness (QED) is 0.841. The molecule has 0 fully saturated rings. The van der Waals surface area contributed by atoms with Gasteiger partial charge in [0.05, 0.1) is 11.0 Å². The maximum atomic E-state index is 12.6. The summed E-state index contributed by atoms with van der Waals surface area (Å²) in [5, 5.41) is 2.88. The molecule has 2 aromatic rings. The average molecular weight is 335 g/mol. The van der Waals surface area contributed by atoms with E-state index in [1.807, 2.05) is 0 Å². The van der Waals surface area contributed by atoms with Crippen LogP contribution < -0.4 is 20.6 Å². The largest absolute Gasteiger partial charge is 0.368 e. The Hall–Kier alpha value is -2.19. The van der Waals surface area contributed by atoms with Gasteiger partial charge in [-0.05, 0) is 23.6 Å². The molecule has 114 valence electrons. The van der Waals surface area contributed by atoms with Gasteiger partial charge in [-0.3, -0.25) is 14.1 Å². The van der Waals surface area contributed by atoms with Gasteiger partial charge in [0.25, 0.3) is 10.0 Å². The van der Waals surface area contributed by atoms with Crippen molar-refractivity contribution in [3.63, 3.8) is 0 Å². The van der Waals surface area contributed by atoms with E-state index in [-0.39, 0.29) is 4.21 Å². The molecule has 1 unspecified atom stereocenters. The Bertz CT molecular complexity index is 950. The van der Waals surface area contributed by atoms with Gasteiger partial charge in [-0.1, -0.05) is 18.2 Å². The van der Waals surface area contributed by atoms with E-state index in [0.717, 1.165) is 11.3 Å². The molecule has 1 aliphatic rings. The van der Waals surface area contributed by atoms with E-state index < -0.39 is 22.0 Å². The normalized spacial score (nSPS) is 16.5. The molecule has 1 amide bonds. The first-order valence-corrected chi connectivity index (χ1v) is 8.74. The number of nitrogens with zero attached hydrogens (tertiary/aromatic N) is 2. The van der Waals surface area contributed by atoms with Crippen molar-refractivity contribution in [2.24, 2.45) is 10.7 Å². The first-order chi connectivity index (χ1) is 10.4. The van der Waals surface area contributed by atoms with Crippen molar-refractivity contribution >= 4 is 39.0 Å². The number of sulfonamides is 1. The fourth-order valence-electron chi connectivity index (χ4n) is 2.24. The summed E-state index contributed by atoms with van der Waals surface area (Å²) in [7, 11) is -2.18. The summed E-state index contributed by atoms with van der Waals surface area (Å²) in [5.41, 5.74) is 5.69. The Morgan fingerprint density at radius 1 is 1.32 bits per heavy atom. The predicted octanol–water partition coefficient (Wildman–Crippen LogP) is -0.159. The molecule has 1 aromatic carbocycles. The third-order valence-corrected chi connectivity index (χ3v) is 6.54. The molecule has 8 heteroatoms. The Labute approximate surface area is 131 Å². The lowest BCUT2D eigenvalue weighted by Crippen LogP contribution is -2.34. The van der Waals surface area contributed by atoms with Gasteiger partial charge in [0.2, 0.25) is 5.91 Å². The van der Waals surface area contributed by atoms with Gasteiger partial charge >= 0.3 is 0 Å². The zero-order chi connectivity index (χ0) is 15.9. The second-order valence-corrected chi connectivity index (χ2v) is 7.91. The van der Waals surface area contributed by atoms with E-state index in [0.29, 0.717) is 16.3 Å². The van der Waals surface area contributed by atoms with Crippen LogP contribution in [0.2, 0.25) is 0 Å². The fraction of sp³-hybridized carbons (Fsp3) is 0.143. The van der Waals surface area contributed by atoms with Crippen LogP contribution in [0.1, 0.15) is 0 Å². The number of anilines is 1. The van der Waals surface area contributed by atoms with Gasteiger partial charge in [-0.25, -0.2) is 8.42 Å². The molecule has 6 nitrogen and oxygen atoms in total. The molecule has 22 heavy (non-hydrogen) atoms. The topological polar surface area (TPSA) is 92.8 Å². The molecule has 1 atom stereocenters. The summed E-state index contributed by atoms with van der Waals surface area (Å²) in [4.78, 5) is 15.5. The number of amides is 1. The van der Waals surface area contributed by atoms with E-state index in [1.54, 1.807) is 41.8 Å². The van der Waals surface area contributed by atoms with Crippen molar-refractivity contribution in [1.82, 2.24) is 0 Å². The zero-order valence-corrected chi connectivity index (χ0v) is 13.3. The Balaban J connectivity index is 2.14. The van der Waals surface area contributed by atoms with Crippen LogP contribution in [0, 0.1) is 0 Å². The molecule has 0 bridgehead atoms. The monoisotopic (exact) mass is 335 g/mol. The van der Waals surface area contributed by atoms with Crippen molar-refractivity contribution in [1.29, 1.82) is 0 Å². The molecule has 2 N–H and O–H groups in total. The number of carbonyl (C=O) groups excluding carboxylic acids is 1. The highest BCUT2D eigenvalue weighted by molar-refractivity contribution is 7.94. The summed E-state index contributed by atoms with van der Waals surface area (Å²) in [6.07, 6.45) is 1.63. The Morgan fingerprint density at radius 2 is 2.09 bits per heavy atom. The van der Waals surface area contributed by atoms with Crippen molar-refractivity contribution in [3.05, 3.63) is 46.3 Å². The van der Waals surface area contributed by atoms with Crippen LogP contribution in [0.3, 0.4) is 0 Å². The van der Waals surface area contributed by atoms with Gasteiger partial charge in [0.15, 0.2) is 0 Å². The van der Waals surface area contributed by atoms with Crippen molar-refractivity contribution in [3.8, 4) is 0 Å². The number of fused-ring (bicyclic) bond motifs is 1. The number of carbonyl (C=O) groups is 1. The second kappa shape index (κ2) is 5.22. The first-order valence-electron chi connectivity index (χ1n) is 6.42. The van der Waals surface area contributed by atoms with Crippen molar-refractivity contribution < 1.29 is 13.2 Å². The van der Waals surface area contributed by atoms with Gasteiger partial charge in [0, 0.05) is 12.3 Å². The number of benzene rings is 1. The highest BCUT2D eigenvalue weighted by Crippen LogP contribution is 2.23. The SMILES string of the molecule is CN(c1cccc2c1=NC(C(N)=O)C=2)S(=O)(=O)c1cccs1. The number of para-hydroxylation sites is 1. The second-order valence-electron chi connectivity index (χ2n) is 4.76. The van der Waals surface area contributed by atoms with E-state index in [9.17, 15) is 13.2 Å². The summed E-state index contributed by atoms with van der Waals surface area (Å²) in [5.74, 6) is -0.564. The van der Waals surface area contributed by atoms with Crippen LogP contribution in [-0.4, -0.2) is 27.4 Å². The molecule has 1 aliphatic heterocycles. The molecule has 0 saturated carbocycles. The van der Waals surface area contributed by atoms with Gasteiger partial charge in [-0.2, -0.15) is 0 Å². The smallest absolute Gasteiger partial charge is 0.273 e. The lowest BCUT2D eigenvalue weighted by Gasteiger charge is -2.18.